The van der Waals surface area contributed by atoms with Crippen LogP contribution in [0.1, 0.15) is 17.5 Å². The zero-order valence-corrected chi connectivity index (χ0v) is 14.2. The molecule has 0 aromatic heterocycles. The van der Waals surface area contributed by atoms with Crippen LogP contribution in [0.2, 0.25) is 0 Å². The van der Waals surface area contributed by atoms with E-state index in [-0.39, 0.29) is 12.4 Å². The highest BCUT2D eigenvalue weighted by molar-refractivity contribution is 5.92. The number of aromatic hydroxyl groups is 1. The molecule has 0 atom stereocenters. The zero-order valence-electron chi connectivity index (χ0n) is 14.2. The van der Waals surface area contributed by atoms with Crippen LogP contribution in [0.5, 0.6) is 5.75 Å². The van der Waals surface area contributed by atoms with Gasteiger partial charge in [0, 0.05) is 29.3 Å². The summed E-state index contributed by atoms with van der Waals surface area (Å²) in [4.78, 5) is 11.7. The van der Waals surface area contributed by atoms with Crippen LogP contribution in [0.25, 0.3) is 10.8 Å². The lowest BCUT2D eigenvalue weighted by Crippen LogP contribution is -2.24. The molecule has 130 valence electrons. The first kappa shape index (κ1) is 17.4. The summed E-state index contributed by atoms with van der Waals surface area (Å²) in [5.41, 5.74) is 1.80. The van der Waals surface area contributed by atoms with Crippen molar-refractivity contribution < 1.29 is 14.6 Å². The number of carbonyl (C=O) groups is 1. The van der Waals surface area contributed by atoms with Crippen LogP contribution < -0.4 is 5.32 Å². The fraction of sp³-hybridized carbons (Fsp3) is 0.136. The number of rotatable bonds is 4. The van der Waals surface area contributed by atoms with E-state index in [0.29, 0.717) is 13.0 Å². The Labute approximate surface area is 152 Å². The van der Waals surface area contributed by atoms with Crippen molar-refractivity contribution in [2.24, 2.45) is 0 Å². The first-order chi connectivity index (χ1) is 12.7. The molecule has 0 aliphatic carbocycles. The van der Waals surface area contributed by atoms with Gasteiger partial charge in [-0.1, -0.05) is 66.4 Å². The Morgan fingerprint density at radius 3 is 2.50 bits per heavy atom. The number of phenols is 1. The third-order valence-electron chi connectivity index (χ3n) is 3.86. The van der Waals surface area contributed by atoms with Crippen LogP contribution in [0.4, 0.5) is 4.79 Å². The van der Waals surface area contributed by atoms with Crippen LogP contribution in [0.3, 0.4) is 0 Å². The van der Waals surface area contributed by atoms with Crippen LogP contribution in [0, 0.1) is 11.8 Å². The van der Waals surface area contributed by atoms with E-state index in [9.17, 15) is 9.90 Å². The quantitative estimate of drug-likeness (QED) is 0.550. The summed E-state index contributed by atoms with van der Waals surface area (Å²) < 4.78 is 5.14. The minimum absolute atomic E-state index is 0.244. The number of hydrogen-bond acceptors (Lipinski definition) is 3. The molecule has 0 spiro atoms. The lowest BCUT2D eigenvalue weighted by atomic mass is 10.0. The molecule has 0 saturated heterocycles. The van der Waals surface area contributed by atoms with Gasteiger partial charge >= 0.3 is 6.09 Å². The highest BCUT2D eigenvalue weighted by atomic mass is 16.5. The molecule has 0 saturated carbocycles. The van der Waals surface area contributed by atoms with Gasteiger partial charge in [0.05, 0.1) is 0 Å². The Morgan fingerprint density at radius 2 is 1.69 bits per heavy atom. The van der Waals surface area contributed by atoms with Crippen molar-refractivity contribution in [3.05, 3.63) is 77.9 Å². The second kappa shape index (κ2) is 8.59. The predicted molar refractivity (Wildman–Crippen MR) is 102 cm³/mol. The van der Waals surface area contributed by atoms with Crippen molar-refractivity contribution in [2.75, 3.05) is 6.54 Å². The molecular formula is C22H19NO3. The fourth-order valence-electron chi connectivity index (χ4n) is 2.55. The number of nitrogens with one attached hydrogen (secondary N) is 1. The van der Waals surface area contributed by atoms with Crippen LogP contribution in [0.15, 0.2) is 66.7 Å². The van der Waals surface area contributed by atoms with Gasteiger partial charge in [0.15, 0.2) is 0 Å². The number of ether oxygens (including phenoxy) is 1. The number of alkyl carbamates (subject to hydrolysis) is 1. The molecule has 3 rings (SSSR count). The van der Waals surface area contributed by atoms with Crippen LogP contribution in [-0.2, 0) is 11.3 Å². The molecule has 3 aromatic rings. The standard InChI is InChI=1S/C22H19NO3/c24-21-14-13-18(19-11-4-5-12-20(19)21)10-6-7-15-23-22(25)26-16-17-8-2-1-3-9-17/h1-5,8-9,11-14,24H,7,15-16H2,(H,23,25). The van der Waals surface area contributed by atoms with E-state index in [0.717, 1.165) is 21.9 Å². The summed E-state index contributed by atoms with van der Waals surface area (Å²) in [6, 6.07) is 20.6. The molecule has 1 amide bonds. The Hall–Kier alpha value is -3.45. The van der Waals surface area contributed by atoms with Gasteiger partial charge in [-0.05, 0) is 17.7 Å². The molecule has 0 aliphatic rings. The van der Waals surface area contributed by atoms with Gasteiger partial charge in [-0.2, -0.15) is 0 Å². The van der Waals surface area contributed by atoms with E-state index < -0.39 is 6.09 Å². The highest BCUT2D eigenvalue weighted by Crippen LogP contribution is 2.26. The van der Waals surface area contributed by atoms with Crippen molar-refractivity contribution in [2.45, 2.75) is 13.0 Å². The third kappa shape index (κ3) is 4.55. The average Bonchev–Trinajstić information content (AvgIpc) is 2.69. The van der Waals surface area contributed by atoms with E-state index in [2.05, 4.69) is 17.2 Å². The summed E-state index contributed by atoms with van der Waals surface area (Å²) in [6.45, 7) is 0.661. The number of carbonyl (C=O) groups excluding carboxylic acids is 1. The van der Waals surface area contributed by atoms with Gasteiger partial charge in [-0.25, -0.2) is 4.79 Å². The summed E-state index contributed by atoms with van der Waals surface area (Å²) in [5.74, 6) is 6.38. The number of hydrogen-bond donors (Lipinski definition) is 2. The number of fused-ring (bicyclic) bond motifs is 1. The van der Waals surface area contributed by atoms with Crippen LogP contribution >= 0.6 is 0 Å². The third-order valence-corrected chi connectivity index (χ3v) is 3.86. The summed E-state index contributed by atoms with van der Waals surface area (Å²) in [7, 11) is 0. The van der Waals surface area contributed by atoms with Crippen molar-refractivity contribution in [1.82, 2.24) is 5.32 Å². The van der Waals surface area contributed by atoms with Gasteiger partial charge in [0.1, 0.15) is 12.4 Å². The molecule has 2 N–H and O–H groups in total. The van der Waals surface area contributed by atoms with E-state index in [1.807, 2.05) is 54.6 Å². The lowest BCUT2D eigenvalue weighted by Gasteiger charge is -2.05. The van der Waals surface area contributed by atoms with Crippen molar-refractivity contribution in [3.63, 3.8) is 0 Å². The molecule has 0 unspecified atom stereocenters. The Kier molecular flexibility index (Phi) is 5.74. The predicted octanol–water partition coefficient (Wildman–Crippen LogP) is 4.21. The Bertz CT molecular complexity index is 955. The minimum atomic E-state index is -0.453. The summed E-state index contributed by atoms with van der Waals surface area (Å²) in [5, 5.41) is 14.3. The Morgan fingerprint density at radius 1 is 0.962 bits per heavy atom. The molecule has 26 heavy (non-hydrogen) atoms. The SMILES string of the molecule is O=C(NCCC#Cc1ccc(O)c2ccccc12)OCc1ccccc1. The lowest BCUT2D eigenvalue weighted by molar-refractivity contribution is 0.140. The van der Waals surface area contributed by atoms with Gasteiger partial charge in [-0.15, -0.1) is 0 Å². The number of benzene rings is 3. The smallest absolute Gasteiger partial charge is 0.407 e. The highest BCUT2D eigenvalue weighted by Gasteiger charge is 2.03. The minimum Gasteiger partial charge on any atom is -0.507 e. The summed E-state index contributed by atoms with van der Waals surface area (Å²) >= 11 is 0. The normalized spacial score (nSPS) is 10.0. The molecule has 0 heterocycles. The molecule has 0 aliphatic heterocycles. The average molecular weight is 345 g/mol. The topological polar surface area (TPSA) is 58.6 Å². The summed E-state index contributed by atoms with van der Waals surface area (Å²) in [6.07, 6.45) is 0.0565. The molecule has 4 heteroatoms. The van der Waals surface area contributed by atoms with Crippen molar-refractivity contribution >= 4 is 16.9 Å². The first-order valence-corrected chi connectivity index (χ1v) is 8.38. The van der Waals surface area contributed by atoms with Crippen molar-refractivity contribution in [1.29, 1.82) is 0 Å². The van der Waals surface area contributed by atoms with E-state index in [1.54, 1.807) is 12.1 Å². The van der Waals surface area contributed by atoms with Crippen LogP contribution in [-0.4, -0.2) is 17.7 Å². The maximum atomic E-state index is 11.7. The van der Waals surface area contributed by atoms with E-state index >= 15 is 0 Å². The molecule has 0 fully saturated rings. The maximum Gasteiger partial charge on any atom is 0.407 e. The molecule has 0 radical (unpaired) electrons. The van der Waals surface area contributed by atoms with Gasteiger partial charge in [-0.3, -0.25) is 0 Å². The Balaban J connectivity index is 1.49. The van der Waals surface area contributed by atoms with E-state index in [4.69, 9.17) is 4.74 Å². The van der Waals surface area contributed by atoms with Crippen molar-refractivity contribution in [3.8, 4) is 17.6 Å². The molecular weight excluding hydrogens is 326 g/mol. The van der Waals surface area contributed by atoms with E-state index in [1.165, 1.54) is 0 Å². The second-order valence-electron chi connectivity index (χ2n) is 5.72. The van der Waals surface area contributed by atoms with Gasteiger partial charge in [0.2, 0.25) is 0 Å². The van der Waals surface area contributed by atoms with Gasteiger partial charge < -0.3 is 15.2 Å². The van der Waals surface area contributed by atoms with Gasteiger partial charge in [0.25, 0.3) is 0 Å². The largest absolute Gasteiger partial charge is 0.507 e. The first-order valence-electron chi connectivity index (χ1n) is 8.38. The maximum absolute atomic E-state index is 11.7. The monoisotopic (exact) mass is 345 g/mol. The second-order valence-corrected chi connectivity index (χ2v) is 5.72. The number of amides is 1. The zero-order chi connectivity index (χ0) is 18.2. The number of phenolic OH excluding ortho intramolecular Hbond substituents is 1. The molecule has 4 nitrogen and oxygen atoms in total. The molecule has 0 bridgehead atoms. The fourth-order valence-corrected chi connectivity index (χ4v) is 2.55. The molecule has 3 aromatic carbocycles.